The number of hydrogen-bond acceptors (Lipinski definition) is 4. The van der Waals surface area contributed by atoms with Crippen LogP contribution in [0.1, 0.15) is 11.9 Å². The number of ether oxygens (including phenoxy) is 1. The number of carbonyl (C=O) groups is 1. The Kier molecular flexibility index (Phi) is 5.41. The van der Waals surface area contributed by atoms with E-state index in [1.807, 2.05) is 0 Å². The van der Waals surface area contributed by atoms with E-state index in [1.165, 1.54) is 19.5 Å². The first-order valence-corrected chi connectivity index (χ1v) is 3.17. The van der Waals surface area contributed by atoms with Gasteiger partial charge >= 0.3 is 35.5 Å². The van der Waals surface area contributed by atoms with E-state index in [9.17, 15) is 4.79 Å². The van der Waals surface area contributed by atoms with Crippen molar-refractivity contribution in [1.29, 1.82) is 0 Å². The molecule has 0 N–H and O–H groups in total. The molecule has 6 heteroatoms. The molecule has 0 saturated heterocycles. The predicted molar refractivity (Wildman–Crippen MR) is 39.5 cm³/mol. The number of nitrogens with zero attached hydrogens (tertiary/aromatic N) is 2. The van der Waals surface area contributed by atoms with Gasteiger partial charge in [-0.05, 0) is 0 Å². The predicted octanol–water partition coefficient (Wildman–Crippen LogP) is -1.97. The van der Waals surface area contributed by atoms with Crippen molar-refractivity contribution < 1.29 is 40.5 Å². The molecule has 60 valence electrons. The maximum Gasteiger partial charge on any atom is 1.00 e. The Balaban J connectivity index is 0. The van der Waals surface area contributed by atoms with Crippen LogP contribution in [0, 0.1) is 0 Å². The molecule has 12 heavy (non-hydrogen) atoms. The Morgan fingerprint density at radius 2 is 2.25 bits per heavy atom. The van der Waals surface area contributed by atoms with Gasteiger partial charge < -0.3 is 6.16 Å². The van der Waals surface area contributed by atoms with Crippen molar-refractivity contribution in [2.24, 2.45) is 0 Å². The second kappa shape index (κ2) is 5.48. The number of carbonyl (C=O) groups excluding carboxylic acids is 1. The summed E-state index contributed by atoms with van der Waals surface area (Å²) in [6.07, 6.45) is 2.54. The largest absolute Gasteiger partial charge is 1.00 e. The van der Waals surface area contributed by atoms with Crippen LogP contribution in [-0.2, 0) is 4.74 Å². The molecule has 0 spiro atoms. The molecule has 0 aliphatic heterocycles. The first kappa shape index (κ1) is 11.8. The molecule has 0 saturated carbocycles. The van der Waals surface area contributed by atoms with Crippen LogP contribution in [-0.4, -0.2) is 23.0 Å². The molecule has 1 aromatic heterocycles. The van der Waals surface area contributed by atoms with Gasteiger partial charge in [-0.3, -0.25) is 0 Å². The number of aromatic nitrogens is 2. The maximum absolute atomic E-state index is 10.8. The first-order valence-electron chi connectivity index (χ1n) is 2.80. The average Bonchev–Trinajstić information content (AvgIpc) is 2.05. The monoisotopic (exact) mass is 196 g/mol. The summed E-state index contributed by atoms with van der Waals surface area (Å²) in [7, 11) is 1.28. The van der Waals surface area contributed by atoms with E-state index in [2.05, 4.69) is 14.7 Å². The SMILES string of the molecule is COC(=O)c1cnc(Cl)cn1.[H-].[Na+]. The molecular weight excluding hydrogens is 191 g/mol. The van der Waals surface area contributed by atoms with Crippen molar-refractivity contribution in [3.05, 3.63) is 23.2 Å². The smallest absolute Gasteiger partial charge is 1.00 e. The Hall–Kier alpha value is -0.160. The van der Waals surface area contributed by atoms with Gasteiger partial charge in [0.2, 0.25) is 0 Å². The zero-order chi connectivity index (χ0) is 8.27. The van der Waals surface area contributed by atoms with Crippen LogP contribution in [0.5, 0.6) is 0 Å². The van der Waals surface area contributed by atoms with Crippen molar-refractivity contribution in [3.8, 4) is 0 Å². The summed E-state index contributed by atoms with van der Waals surface area (Å²) < 4.78 is 4.39. The molecule has 0 radical (unpaired) electrons. The van der Waals surface area contributed by atoms with Crippen molar-refractivity contribution in [2.75, 3.05) is 7.11 Å². The second-order valence-corrected chi connectivity index (χ2v) is 2.10. The van der Waals surface area contributed by atoms with Gasteiger partial charge in [0.05, 0.1) is 19.5 Å². The zero-order valence-corrected chi connectivity index (χ0v) is 9.50. The molecule has 0 amide bonds. The minimum absolute atomic E-state index is 0. The molecular formula is C6H6ClN2NaO2. The summed E-state index contributed by atoms with van der Waals surface area (Å²) in [5, 5.41) is 0.248. The maximum atomic E-state index is 10.8. The van der Waals surface area contributed by atoms with E-state index < -0.39 is 5.97 Å². The standard InChI is InChI=1S/C6H5ClN2O2.Na.H/c1-11-6(10)4-2-9-5(7)3-8-4;;/h2-3H,1H3;;/q;+1;-1. The molecule has 1 aromatic rings. The fraction of sp³-hybridized carbons (Fsp3) is 0.167. The number of hydrogen-bond donors (Lipinski definition) is 0. The average molecular weight is 197 g/mol. The molecule has 0 aliphatic carbocycles. The van der Waals surface area contributed by atoms with Crippen LogP contribution in [0.2, 0.25) is 5.15 Å². The Labute approximate surface area is 98.1 Å². The number of methoxy groups -OCH3 is 1. The van der Waals surface area contributed by atoms with Crippen LogP contribution in [0.4, 0.5) is 0 Å². The molecule has 1 rings (SSSR count). The third kappa shape index (κ3) is 3.06. The van der Waals surface area contributed by atoms with Crippen LogP contribution in [0.25, 0.3) is 0 Å². The number of rotatable bonds is 1. The topological polar surface area (TPSA) is 52.1 Å². The van der Waals surface area contributed by atoms with Gasteiger partial charge in [0, 0.05) is 0 Å². The summed E-state index contributed by atoms with van der Waals surface area (Å²) in [5.74, 6) is -0.519. The summed E-state index contributed by atoms with van der Waals surface area (Å²) in [4.78, 5) is 18.1. The molecule has 0 bridgehead atoms. The van der Waals surface area contributed by atoms with Gasteiger partial charge in [-0.25, -0.2) is 14.8 Å². The van der Waals surface area contributed by atoms with E-state index in [0.717, 1.165) is 0 Å². The van der Waals surface area contributed by atoms with Gasteiger partial charge in [0.1, 0.15) is 5.15 Å². The third-order valence-corrected chi connectivity index (χ3v) is 1.21. The second-order valence-electron chi connectivity index (χ2n) is 1.72. The van der Waals surface area contributed by atoms with Gasteiger partial charge in [-0.15, -0.1) is 0 Å². The summed E-state index contributed by atoms with van der Waals surface area (Å²) in [6, 6.07) is 0. The van der Waals surface area contributed by atoms with E-state index in [1.54, 1.807) is 0 Å². The van der Waals surface area contributed by atoms with Crippen LogP contribution in [0.3, 0.4) is 0 Å². The fourth-order valence-electron chi connectivity index (χ4n) is 0.522. The molecule has 0 fully saturated rings. The number of halogens is 1. The third-order valence-electron chi connectivity index (χ3n) is 1.01. The van der Waals surface area contributed by atoms with Gasteiger partial charge in [0.25, 0.3) is 0 Å². The van der Waals surface area contributed by atoms with Gasteiger partial charge in [0.15, 0.2) is 5.69 Å². The Bertz CT molecular complexity index is 270. The normalized spacial score (nSPS) is 8.50. The molecule has 1 heterocycles. The molecule has 4 nitrogen and oxygen atoms in total. The van der Waals surface area contributed by atoms with Gasteiger partial charge in [-0.2, -0.15) is 0 Å². The zero-order valence-electron chi connectivity index (χ0n) is 7.74. The van der Waals surface area contributed by atoms with E-state index >= 15 is 0 Å². The minimum atomic E-state index is -0.519. The van der Waals surface area contributed by atoms with Crippen molar-refractivity contribution in [3.63, 3.8) is 0 Å². The summed E-state index contributed by atoms with van der Waals surface area (Å²) in [6.45, 7) is 0. The minimum Gasteiger partial charge on any atom is -1.00 e. The van der Waals surface area contributed by atoms with E-state index in [0.29, 0.717) is 0 Å². The molecule has 0 aromatic carbocycles. The summed E-state index contributed by atoms with van der Waals surface area (Å²) in [5.41, 5.74) is 0.150. The fourth-order valence-corrected chi connectivity index (χ4v) is 0.620. The molecule has 0 aliphatic rings. The van der Waals surface area contributed by atoms with Crippen molar-refractivity contribution in [1.82, 2.24) is 9.97 Å². The Morgan fingerprint density at radius 1 is 1.58 bits per heavy atom. The van der Waals surface area contributed by atoms with Crippen molar-refractivity contribution >= 4 is 17.6 Å². The number of esters is 1. The Morgan fingerprint density at radius 3 is 2.67 bits per heavy atom. The van der Waals surface area contributed by atoms with Crippen LogP contribution >= 0.6 is 11.6 Å². The first-order chi connectivity index (χ1) is 5.24. The van der Waals surface area contributed by atoms with Crippen molar-refractivity contribution in [2.45, 2.75) is 0 Å². The summed E-state index contributed by atoms with van der Waals surface area (Å²) >= 11 is 5.43. The molecule has 0 unspecified atom stereocenters. The quantitative estimate of drug-likeness (QED) is 0.386. The van der Waals surface area contributed by atoms with E-state index in [4.69, 9.17) is 11.6 Å². The van der Waals surface area contributed by atoms with Crippen LogP contribution in [0.15, 0.2) is 12.4 Å². The van der Waals surface area contributed by atoms with Gasteiger partial charge in [-0.1, -0.05) is 11.6 Å². The molecule has 0 atom stereocenters. The van der Waals surface area contributed by atoms with Crippen LogP contribution < -0.4 is 29.6 Å². The van der Waals surface area contributed by atoms with E-state index in [-0.39, 0.29) is 41.8 Å².